The van der Waals surface area contributed by atoms with Gasteiger partial charge in [-0.3, -0.25) is 0 Å². The molecule has 1 aliphatic carbocycles. The summed E-state index contributed by atoms with van der Waals surface area (Å²) in [4.78, 5) is 0. The van der Waals surface area contributed by atoms with Crippen molar-refractivity contribution in [2.75, 3.05) is 0 Å². The predicted molar refractivity (Wildman–Crippen MR) is 66.2 cm³/mol. The Morgan fingerprint density at radius 1 is 1.14 bits per heavy atom. The molecule has 1 rings (SSSR count). The lowest BCUT2D eigenvalue weighted by atomic mass is 9.84. The maximum atomic E-state index is 2.42. The van der Waals surface area contributed by atoms with Crippen molar-refractivity contribution >= 4 is 0 Å². The Labute approximate surface area is 90.1 Å². The van der Waals surface area contributed by atoms with Gasteiger partial charge in [0.15, 0.2) is 0 Å². The maximum absolute atomic E-state index is 2.42. The van der Waals surface area contributed by atoms with E-state index in [0.29, 0.717) is 5.92 Å². The van der Waals surface area contributed by atoms with Crippen molar-refractivity contribution in [3.05, 3.63) is 29.2 Å². The summed E-state index contributed by atoms with van der Waals surface area (Å²) in [5.74, 6) is 0.684. The van der Waals surface area contributed by atoms with Crippen LogP contribution in [0.4, 0.5) is 0 Å². The SMILES string of the molecule is CC.CCC1=C[C@H](CC)[CH]C(C)=C1C. The van der Waals surface area contributed by atoms with E-state index in [1.807, 2.05) is 13.8 Å². The predicted octanol–water partition coefficient (Wildman–Crippen LogP) is 4.93. The summed E-state index contributed by atoms with van der Waals surface area (Å²) in [5, 5.41) is 0. The number of rotatable bonds is 2. The van der Waals surface area contributed by atoms with Gasteiger partial charge in [-0.05, 0) is 50.2 Å². The van der Waals surface area contributed by atoms with E-state index in [2.05, 4.69) is 40.2 Å². The first-order chi connectivity index (χ1) is 6.69. The van der Waals surface area contributed by atoms with Crippen LogP contribution in [0, 0.1) is 12.3 Å². The molecule has 81 valence electrons. The zero-order valence-electron chi connectivity index (χ0n) is 10.6. The van der Waals surface area contributed by atoms with Crippen LogP contribution in [-0.2, 0) is 0 Å². The summed E-state index contributed by atoms with van der Waals surface area (Å²) in [6.07, 6.45) is 7.21. The lowest BCUT2D eigenvalue weighted by molar-refractivity contribution is 0.705. The molecule has 0 N–H and O–H groups in total. The van der Waals surface area contributed by atoms with E-state index in [1.54, 1.807) is 5.57 Å². The van der Waals surface area contributed by atoms with Crippen LogP contribution in [0.3, 0.4) is 0 Å². The van der Waals surface area contributed by atoms with Crippen molar-refractivity contribution in [3.8, 4) is 0 Å². The maximum Gasteiger partial charge on any atom is -0.00657 e. The Hall–Kier alpha value is -0.520. The van der Waals surface area contributed by atoms with E-state index < -0.39 is 0 Å². The third-order valence-electron chi connectivity index (χ3n) is 2.80. The van der Waals surface area contributed by atoms with Gasteiger partial charge in [0.05, 0.1) is 0 Å². The second kappa shape index (κ2) is 6.86. The molecular weight excluding hydrogens is 168 g/mol. The first-order valence-corrected chi connectivity index (χ1v) is 5.92. The van der Waals surface area contributed by atoms with Crippen molar-refractivity contribution in [1.29, 1.82) is 0 Å². The lowest BCUT2D eigenvalue weighted by Crippen LogP contribution is -2.06. The Balaban J connectivity index is 0.000000791. The zero-order valence-corrected chi connectivity index (χ0v) is 10.6. The lowest BCUT2D eigenvalue weighted by Gasteiger charge is -2.22. The van der Waals surface area contributed by atoms with E-state index >= 15 is 0 Å². The summed E-state index contributed by atoms with van der Waals surface area (Å²) < 4.78 is 0. The van der Waals surface area contributed by atoms with Crippen LogP contribution in [0.15, 0.2) is 22.8 Å². The Morgan fingerprint density at radius 3 is 2.14 bits per heavy atom. The van der Waals surface area contributed by atoms with Crippen LogP contribution in [0.25, 0.3) is 0 Å². The monoisotopic (exact) mass is 193 g/mol. The molecule has 0 nitrogen and oxygen atoms in total. The molecule has 0 aliphatic heterocycles. The van der Waals surface area contributed by atoms with Crippen LogP contribution in [-0.4, -0.2) is 0 Å². The molecule has 0 bridgehead atoms. The summed E-state index contributed by atoms with van der Waals surface area (Å²) in [7, 11) is 0. The van der Waals surface area contributed by atoms with E-state index in [-0.39, 0.29) is 0 Å². The Bertz CT molecular complexity index is 218. The molecule has 0 heteroatoms. The second-order valence-electron chi connectivity index (χ2n) is 3.59. The summed E-state index contributed by atoms with van der Waals surface area (Å²) in [6, 6.07) is 0. The topological polar surface area (TPSA) is 0 Å². The molecule has 0 aromatic carbocycles. The van der Waals surface area contributed by atoms with E-state index in [9.17, 15) is 0 Å². The average Bonchev–Trinajstić information content (AvgIpc) is 2.24. The molecule has 1 atom stereocenters. The Kier molecular flexibility index (Phi) is 6.61. The molecule has 0 saturated carbocycles. The van der Waals surface area contributed by atoms with E-state index in [4.69, 9.17) is 0 Å². The van der Waals surface area contributed by atoms with Gasteiger partial charge in [0, 0.05) is 0 Å². The highest BCUT2D eigenvalue weighted by Crippen LogP contribution is 2.30. The quantitative estimate of drug-likeness (QED) is 0.583. The minimum absolute atomic E-state index is 0.684. The van der Waals surface area contributed by atoms with Crippen molar-refractivity contribution in [2.24, 2.45) is 5.92 Å². The third-order valence-corrected chi connectivity index (χ3v) is 2.80. The van der Waals surface area contributed by atoms with Gasteiger partial charge in [-0.1, -0.05) is 39.3 Å². The fraction of sp³-hybridized carbons (Fsp3) is 0.643. The molecule has 0 unspecified atom stereocenters. The van der Waals surface area contributed by atoms with E-state index in [1.165, 1.54) is 24.0 Å². The van der Waals surface area contributed by atoms with Crippen molar-refractivity contribution in [2.45, 2.75) is 54.4 Å². The molecule has 0 fully saturated rings. The first-order valence-electron chi connectivity index (χ1n) is 5.92. The molecule has 0 aromatic heterocycles. The van der Waals surface area contributed by atoms with E-state index in [0.717, 1.165) is 0 Å². The van der Waals surface area contributed by atoms with Crippen molar-refractivity contribution in [3.63, 3.8) is 0 Å². The molecule has 0 spiro atoms. The Morgan fingerprint density at radius 2 is 1.71 bits per heavy atom. The van der Waals surface area contributed by atoms with Gasteiger partial charge in [-0.25, -0.2) is 0 Å². The minimum Gasteiger partial charge on any atom is -0.0773 e. The van der Waals surface area contributed by atoms with Crippen LogP contribution < -0.4 is 0 Å². The molecule has 0 amide bonds. The molecule has 0 aromatic rings. The summed E-state index contributed by atoms with van der Waals surface area (Å²) in [5.41, 5.74) is 4.50. The minimum atomic E-state index is 0.684. The smallest absolute Gasteiger partial charge is 0.00657 e. The van der Waals surface area contributed by atoms with Gasteiger partial charge in [-0.2, -0.15) is 0 Å². The first kappa shape index (κ1) is 13.5. The van der Waals surface area contributed by atoms with Gasteiger partial charge in [0.1, 0.15) is 0 Å². The molecule has 1 aliphatic rings. The standard InChI is InChI=1S/C12H19.C2H6/c1-5-11-7-9(3)10(4)12(6-2)8-11;1-2/h7-8,11H,5-6H2,1-4H3;1-2H3/t11-;/m1./s1. The zero-order chi connectivity index (χ0) is 11.1. The number of hydrogen-bond acceptors (Lipinski definition) is 0. The molecule has 1 radical (unpaired) electrons. The molecular formula is C14H25. The average molecular weight is 193 g/mol. The third kappa shape index (κ3) is 3.32. The van der Waals surface area contributed by atoms with Gasteiger partial charge in [0.25, 0.3) is 0 Å². The van der Waals surface area contributed by atoms with Crippen LogP contribution in [0.2, 0.25) is 0 Å². The van der Waals surface area contributed by atoms with Gasteiger partial charge in [0.2, 0.25) is 0 Å². The molecule has 14 heavy (non-hydrogen) atoms. The highest BCUT2D eigenvalue weighted by atomic mass is 14.2. The fourth-order valence-electron chi connectivity index (χ4n) is 1.75. The largest absolute Gasteiger partial charge is 0.0773 e. The van der Waals surface area contributed by atoms with Crippen LogP contribution in [0.1, 0.15) is 54.4 Å². The summed E-state index contributed by atoms with van der Waals surface area (Å²) in [6.45, 7) is 12.9. The normalized spacial score (nSPS) is 21.3. The highest BCUT2D eigenvalue weighted by Gasteiger charge is 2.14. The second-order valence-corrected chi connectivity index (χ2v) is 3.59. The van der Waals surface area contributed by atoms with Crippen molar-refractivity contribution < 1.29 is 0 Å². The number of hydrogen-bond donors (Lipinski definition) is 0. The van der Waals surface area contributed by atoms with Crippen molar-refractivity contribution in [1.82, 2.24) is 0 Å². The fourth-order valence-corrected chi connectivity index (χ4v) is 1.75. The molecule has 0 heterocycles. The van der Waals surface area contributed by atoms with Gasteiger partial charge in [-0.15, -0.1) is 0 Å². The van der Waals surface area contributed by atoms with Crippen LogP contribution >= 0.6 is 0 Å². The van der Waals surface area contributed by atoms with Crippen LogP contribution in [0.5, 0.6) is 0 Å². The van der Waals surface area contributed by atoms with Gasteiger partial charge >= 0.3 is 0 Å². The summed E-state index contributed by atoms with van der Waals surface area (Å²) >= 11 is 0. The van der Waals surface area contributed by atoms with Gasteiger partial charge < -0.3 is 0 Å². The molecule has 0 saturated heterocycles. The highest BCUT2D eigenvalue weighted by molar-refractivity contribution is 5.41. The number of allylic oxidation sites excluding steroid dienone is 4.